The molecule has 0 fully saturated rings. The van der Waals surface area contributed by atoms with Crippen LogP contribution in [-0.2, 0) is 6.54 Å². The van der Waals surface area contributed by atoms with Gasteiger partial charge in [-0.05, 0) is 63.1 Å². The predicted molar refractivity (Wildman–Crippen MR) is 129 cm³/mol. The van der Waals surface area contributed by atoms with Gasteiger partial charge in [0.05, 0.1) is 29.1 Å². The third kappa shape index (κ3) is 4.07. The van der Waals surface area contributed by atoms with Gasteiger partial charge in [-0.3, -0.25) is 4.79 Å². The topological polar surface area (TPSA) is 104 Å². The normalized spacial score (nSPS) is 17.2. The van der Waals surface area contributed by atoms with Crippen molar-refractivity contribution in [3.63, 3.8) is 0 Å². The van der Waals surface area contributed by atoms with Gasteiger partial charge >= 0.3 is 0 Å². The second-order valence-corrected chi connectivity index (χ2v) is 9.09. The van der Waals surface area contributed by atoms with Crippen LogP contribution in [0.2, 0.25) is 0 Å². The van der Waals surface area contributed by atoms with Gasteiger partial charge in [0.15, 0.2) is 0 Å². The molecule has 5 rings (SSSR count). The molecule has 2 aromatic heterocycles. The minimum absolute atomic E-state index is 0.239. The summed E-state index contributed by atoms with van der Waals surface area (Å²) in [6, 6.07) is 8.09. The zero-order valence-corrected chi connectivity index (χ0v) is 19.6. The minimum Gasteiger partial charge on any atom is -0.376 e. The Morgan fingerprint density at radius 2 is 1.89 bits per heavy atom. The van der Waals surface area contributed by atoms with Crippen LogP contribution in [0, 0.1) is 11.6 Å². The van der Waals surface area contributed by atoms with Crippen molar-refractivity contribution >= 4 is 16.5 Å². The fourth-order valence-corrected chi connectivity index (χ4v) is 4.79. The number of hydrogen-bond donors (Lipinski definition) is 2. The summed E-state index contributed by atoms with van der Waals surface area (Å²) in [6.07, 6.45) is 3.16. The second-order valence-electron chi connectivity index (χ2n) is 9.09. The van der Waals surface area contributed by atoms with Crippen LogP contribution in [0.4, 0.5) is 14.5 Å². The molecule has 182 valence electrons. The van der Waals surface area contributed by atoms with E-state index in [0.29, 0.717) is 35.7 Å². The Morgan fingerprint density at radius 1 is 1.11 bits per heavy atom. The highest BCUT2D eigenvalue weighted by molar-refractivity contribution is 5.97. The number of nitrogens with two attached hydrogens (primary N) is 1. The van der Waals surface area contributed by atoms with Crippen molar-refractivity contribution in [1.82, 2.24) is 24.5 Å². The Labute approximate surface area is 200 Å². The number of hydrogen-bond acceptors (Lipinski definition) is 6. The van der Waals surface area contributed by atoms with Crippen molar-refractivity contribution in [2.24, 2.45) is 5.73 Å². The highest BCUT2D eigenvalue weighted by Gasteiger charge is 2.38. The van der Waals surface area contributed by atoms with Crippen LogP contribution in [-0.4, -0.2) is 31.1 Å². The van der Waals surface area contributed by atoms with Gasteiger partial charge in [-0.2, -0.15) is 10.2 Å². The molecule has 1 aliphatic rings. The standard InChI is InChI=1S/C25H27F2N7O/c1-14(2)34-25(35)18-11-17(27)12-19-20(18)23(32-34)21(22(31-19)15-5-7-16(26)8-6-15)24-29-13-30-33(24)10-4-3-9-28/h5-8,11-14,21-22,31H,3-4,9-10,28H2,1-2H3/t21-,22-/m1/s1. The number of benzene rings is 2. The van der Waals surface area contributed by atoms with E-state index in [4.69, 9.17) is 10.8 Å². The van der Waals surface area contributed by atoms with E-state index in [0.717, 1.165) is 18.4 Å². The summed E-state index contributed by atoms with van der Waals surface area (Å²) in [6.45, 7) is 4.90. The first-order chi connectivity index (χ1) is 16.9. The van der Waals surface area contributed by atoms with Gasteiger partial charge in [-0.1, -0.05) is 12.1 Å². The Morgan fingerprint density at radius 3 is 2.60 bits per heavy atom. The lowest BCUT2D eigenvalue weighted by Crippen LogP contribution is -2.34. The molecule has 35 heavy (non-hydrogen) atoms. The van der Waals surface area contributed by atoms with Gasteiger partial charge in [-0.25, -0.2) is 23.1 Å². The number of rotatable bonds is 7. The van der Waals surface area contributed by atoms with Crippen LogP contribution in [0.5, 0.6) is 0 Å². The Kier molecular flexibility index (Phi) is 6.06. The average molecular weight is 480 g/mol. The van der Waals surface area contributed by atoms with Crippen molar-refractivity contribution in [2.45, 2.75) is 51.2 Å². The maximum Gasteiger partial charge on any atom is 0.275 e. The molecule has 2 aromatic carbocycles. The number of nitrogens with zero attached hydrogens (tertiary/aromatic N) is 5. The molecule has 1 aliphatic heterocycles. The van der Waals surface area contributed by atoms with Gasteiger partial charge in [-0.15, -0.1) is 0 Å². The molecule has 0 amide bonds. The highest BCUT2D eigenvalue weighted by Crippen LogP contribution is 2.46. The second kappa shape index (κ2) is 9.18. The maximum atomic E-state index is 14.6. The van der Waals surface area contributed by atoms with Crippen LogP contribution in [0.3, 0.4) is 0 Å². The lowest BCUT2D eigenvalue weighted by molar-refractivity contribution is 0.465. The number of unbranched alkanes of at least 4 members (excludes halogenated alkanes) is 1. The fourth-order valence-electron chi connectivity index (χ4n) is 4.79. The van der Waals surface area contributed by atoms with E-state index in [1.807, 2.05) is 18.5 Å². The lowest BCUT2D eigenvalue weighted by atomic mass is 9.83. The van der Waals surface area contributed by atoms with E-state index in [-0.39, 0.29) is 22.8 Å². The fraction of sp³-hybridized carbons (Fsp3) is 0.360. The van der Waals surface area contributed by atoms with E-state index in [2.05, 4.69) is 15.4 Å². The molecule has 0 unspecified atom stereocenters. The highest BCUT2D eigenvalue weighted by atomic mass is 19.1. The van der Waals surface area contributed by atoms with Crippen molar-refractivity contribution < 1.29 is 8.78 Å². The van der Waals surface area contributed by atoms with Crippen molar-refractivity contribution in [1.29, 1.82) is 0 Å². The molecule has 10 heteroatoms. The zero-order valence-electron chi connectivity index (χ0n) is 19.6. The Bertz CT molecular complexity index is 1430. The maximum absolute atomic E-state index is 14.6. The SMILES string of the molecule is CC(C)n1nc2c3c(cc(F)cc3c1=O)N[C@H](c1ccc(F)cc1)[C@H]2c1ncnn1CCCCN. The number of halogens is 2. The largest absolute Gasteiger partial charge is 0.376 e. The molecule has 0 aliphatic carbocycles. The molecule has 8 nitrogen and oxygen atoms in total. The summed E-state index contributed by atoms with van der Waals surface area (Å²) in [7, 11) is 0. The van der Waals surface area contributed by atoms with E-state index in [1.165, 1.54) is 35.3 Å². The molecule has 0 spiro atoms. The van der Waals surface area contributed by atoms with Crippen LogP contribution < -0.4 is 16.6 Å². The van der Waals surface area contributed by atoms with E-state index in [1.54, 1.807) is 12.1 Å². The summed E-state index contributed by atoms with van der Waals surface area (Å²) >= 11 is 0. The minimum atomic E-state index is -0.522. The Balaban J connectivity index is 1.78. The van der Waals surface area contributed by atoms with Gasteiger partial charge in [0.1, 0.15) is 23.8 Å². The van der Waals surface area contributed by atoms with Crippen molar-refractivity contribution in [2.75, 3.05) is 11.9 Å². The monoisotopic (exact) mass is 479 g/mol. The smallest absolute Gasteiger partial charge is 0.275 e. The number of anilines is 1. The first-order valence-electron chi connectivity index (χ1n) is 11.7. The molecule has 3 heterocycles. The van der Waals surface area contributed by atoms with Gasteiger partial charge < -0.3 is 11.1 Å². The van der Waals surface area contributed by atoms with Crippen LogP contribution in [0.15, 0.2) is 47.5 Å². The molecule has 0 bridgehead atoms. The van der Waals surface area contributed by atoms with E-state index in [9.17, 15) is 13.6 Å². The average Bonchev–Trinajstić information content (AvgIpc) is 3.29. The van der Waals surface area contributed by atoms with Crippen LogP contribution in [0.25, 0.3) is 10.8 Å². The van der Waals surface area contributed by atoms with Gasteiger partial charge in [0, 0.05) is 17.6 Å². The number of nitrogens with one attached hydrogen (secondary N) is 1. The first-order valence-corrected chi connectivity index (χ1v) is 11.7. The molecule has 3 N–H and O–H groups in total. The van der Waals surface area contributed by atoms with Crippen LogP contribution >= 0.6 is 0 Å². The zero-order chi connectivity index (χ0) is 24.7. The molecule has 0 saturated heterocycles. The van der Waals surface area contributed by atoms with Gasteiger partial charge in [0.25, 0.3) is 5.56 Å². The third-order valence-corrected chi connectivity index (χ3v) is 6.42. The Hall–Kier alpha value is -3.66. The molecular formula is C25H27F2N7O. The summed E-state index contributed by atoms with van der Waals surface area (Å²) in [5, 5.41) is 13.4. The summed E-state index contributed by atoms with van der Waals surface area (Å²) in [4.78, 5) is 17.8. The molecule has 2 atom stereocenters. The third-order valence-electron chi connectivity index (χ3n) is 6.42. The molecule has 0 radical (unpaired) electrons. The van der Waals surface area contributed by atoms with Gasteiger partial charge in [0.2, 0.25) is 0 Å². The number of aryl methyl sites for hydroxylation is 1. The molecular weight excluding hydrogens is 452 g/mol. The summed E-state index contributed by atoms with van der Waals surface area (Å²) < 4.78 is 31.6. The quantitative estimate of drug-likeness (QED) is 0.390. The first kappa shape index (κ1) is 23.1. The molecule has 4 aromatic rings. The summed E-state index contributed by atoms with van der Waals surface area (Å²) in [5.41, 5.74) is 7.17. The summed E-state index contributed by atoms with van der Waals surface area (Å²) in [5.74, 6) is -0.689. The van der Waals surface area contributed by atoms with Crippen molar-refractivity contribution in [3.8, 4) is 0 Å². The predicted octanol–water partition coefficient (Wildman–Crippen LogP) is 3.88. The van der Waals surface area contributed by atoms with E-state index >= 15 is 0 Å². The lowest BCUT2D eigenvalue weighted by Gasteiger charge is -2.34. The molecule has 0 saturated carbocycles. The van der Waals surface area contributed by atoms with Crippen molar-refractivity contribution in [3.05, 3.63) is 81.8 Å². The number of aromatic nitrogens is 5. The van der Waals surface area contributed by atoms with E-state index < -0.39 is 17.8 Å². The van der Waals surface area contributed by atoms with Crippen LogP contribution in [0.1, 0.15) is 61.8 Å².